The van der Waals surface area contributed by atoms with Gasteiger partial charge in [-0.1, -0.05) is 18.2 Å². The quantitative estimate of drug-likeness (QED) is 0.453. The van der Waals surface area contributed by atoms with Gasteiger partial charge in [0, 0.05) is 31.2 Å². The zero-order chi connectivity index (χ0) is 28.3. The second-order valence-corrected chi connectivity index (χ2v) is 7.88. The number of benzene rings is 1. The summed E-state index contributed by atoms with van der Waals surface area (Å²) in [5.41, 5.74) is 1.22. The van der Waals surface area contributed by atoms with Gasteiger partial charge in [-0.05, 0) is 31.0 Å². The lowest BCUT2D eigenvalue weighted by Crippen LogP contribution is -2.39. The third-order valence-corrected chi connectivity index (χ3v) is 5.14. The number of nitrogens with zero attached hydrogens (tertiary/aromatic N) is 4. The van der Waals surface area contributed by atoms with Crippen LogP contribution in [0.2, 0.25) is 0 Å². The molecule has 1 saturated heterocycles. The van der Waals surface area contributed by atoms with Crippen LogP contribution in [0, 0.1) is 0 Å². The summed E-state index contributed by atoms with van der Waals surface area (Å²) in [6.07, 6.45) is -2.23. The number of para-hydroxylation sites is 1. The highest BCUT2D eigenvalue weighted by molar-refractivity contribution is 5.78. The molecule has 1 fully saturated rings. The van der Waals surface area contributed by atoms with E-state index in [1.165, 1.54) is 10.9 Å². The van der Waals surface area contributed by atoms with Crippen molar-refractivity contribution in [2.75, 3.05) is 19.6 Å². The molecule has 2 N–H and O–H groups in total. The van der Waals surface area contributed by atoms with E-state index in [-0.39, 0.29) is 0 Å². The number of pyridine rings is 1. The van der Waals surface area contributed by atoms with Gasteiger partial charge in [0.2, 0.25) is 0 Å². The first-order chi connectivity index (χ1) is 17.8. The number of carboxylic acid groups (broad SMARTS) is 2. The molecule has 38 heavy (non-hydrogen) atoms. The van der Waals surface area contributed by atoms with Crippen LogP contribution in [0.1, 0.15) is 12.8 Å². The molecule has 0 spiro atoms. The highest BCUT2D eigenvalue weighted by atomic mass is 19.4. The van der Waals surface area contributed by atoms with Crippen molar-refractivity contribution in [3.05, 3.63) is 55.0 Å². The second kappa shape index (κ2) is 13.6. The maximum atomic E-state index is 10.6. The van der Waals surface area contributed by atoms with Crippen molar-refractivity contribution in [3.8, 4) is 5.75 Å². The van der Waals surface area contributed by atoms with Crippen LogP contribution in [0.4, 0.5) is 26.3 Å². The number of aliphatic carboxylic acids is 2. The lowest BCUT2D eigenvalue weighted by Gasteiger charge is -2.32. The van der Waals surface area contributed by atoms with Crippen molar-refractivity contribution in [1.29, 1.82) is 0 Å². The first kappa shape index (κ1) is 30.3. The predicted octanol–water partition coefficient (Wildman–Crippen LogP) is 4.24. The number of halogens is 6. The molecular weight excluding hydrogens is 526 g/mol. The molecule has 0 radical (unpaired) electrons. The van der Waals surface area contributed by atoms with E-state index in [9.17, 15) is 26.3 Å². The number of piperidine rings is 1. The Hall–Kier alpha value is -3.88. The normalized spacial score (nSPS) is 14.6. The lowest BCUT2D eigenvalue weighted by molar-refractivity contribution is -0.193. The van der Waals surface area contributed by atoms with E-state index in [1.807, 2.05) is 18.3 Å². The van der Waals surface area contributed by atoms with Crippen LogP contribution in [0.25, 0.3) is 10.9 Å². The first-order valence-electron chi connectivity index (χ1n) is 11.1. The zero-order valence-electron chi connectivity index (χ0n) is 19.7. The van der Waals surface area contributed by atoms with E-state index < -0.39 is 24.3 Å². The van der Waals surface area contributed by atoms with Gasteiger partial charge in [-0.2, -0.15) is 31.4 Å². The molecule has 3 heterocycles. The van der Waals surface area contributed by atoms with Crippen LogP contribution < -0.4 is 4.74 Å². The van der Waals surface area contributed by atoms with Crippen LogP contribution in [-0.4, -0.2) is 79.9 Å². The fraction of sp³-hybridized carbons (Fsp3) is 0.391. The minimum absolute atomic E-state index is 0.302. The van der Waals surface area contributed by atoms with Gasteiger partial charge in [-0.15, -0.1) is 0 Å². The maximum Gasteiger partial charge on any atom is 0.490 e. The summed E-state index contributed by atoms with van der Waals surface area (Å²) in [7, 11) is 0. The minimum atomic E-state index is -5.08. The molecule has 0 bridgehead atoms. The molecule has 4 rings (SSSR count). The van der Waals surface area contributed by atoms with E-state index in [0.29, 0.717) is 6.10 Å². The van der Waals surface area contributed by atoms with Crippen molar-refractivity contribution in [3.63, 3.8) is 0 Å². The van der Waals surface area contributed by atoms with E-state index in [0.717, 1.165) is 44.8 Å². The van der Waals surface area contributed by atoms with E-state index in [1.54, 1.807) is 12.4 Å². The molecule has 208 valence electrons. The number of hydrogen-bond donors (Lipinski definition) is 2. The summed E-state index contributed by atoms with van der Waals surface area (Å²) in [4.78, 5) is 24.4. The Morgan fingerprint density at radius 2 is 1.47 bits per heavy atom. The van der Waals surface area contributed by atoms with Crippen molar-refractivity contribution in [2.24, 2.45) is 0 Å². The van der Waals surface area contributed by atoms with Crippen LogP contribution in [0.3, 0.4) is 0 Å². The molecule has 15 heteroatoms. The highest BCUT2D eigenvalue weighted by Gasteiger charge is 2.38. The Balaban J connectivity index is 0.000000301. The predicted molar refractivity (Wildman–Crippen MR) is 121 cm³/mol. The number of hydrogen-bond acceptors (Lipinski definition) is 6. The number of aromatic nitrogens is 3. The van der Waals surface area contributed by atoms with Crippen LogP contribution in [0.15, 0.2) is 55.0 Å². The molecular formula is C23H24F6N4O5. The Morgan fingerprint density at radius 1 is 0.895 bits per heavy atom. The number of carboxylic acids is 2. The second-order valence-electron chi connectivity index (χ2n) is 7.88. The Bertz CT molecular complexity index is 1140. The Kier molecular flexibility index (Phi) is 10.9. The number of ether oxygens (including phenoxy) is 1. The molecule has 0 amide bonds. The Morgan fingerprint density at radius 3 is 2.00 bits per heavy atom. The largest absolute Gasteiger partial charge is 0.490 e. The summed E-state index contributed by atoms with van der Waals surface area (Å²) < 4.78 is 71.6. The fourth-order valence-corrected chi connectivity index (χ4v) is 3.30. The fourth-order valence-electron chi connectivity index (χ4n) is 3.30. The van der Waals surface area contributed by atoms with Crippen LogP contribution >= 0.6 is 0 Å². The van der Waals surface area contributed by atoms with E-state index >= 15 is 0 Å². The topological polar surface area (TPSA) is 118 Å². The van der Waals surface area contributed by atoms with Gasteiger partial charge in [0.05, 0.1) is 24.5 Å². The summed E-state index contributed by atoms with van der Waals surface area (Å²) in [5.74, 6) is -4.64. The van der Waals surface area contributed by atoms with Gasteiger partial charge in [-0.25, -0.2) is 9.59 Å². The molecule has 1 aromatic carbocycles. The number of carbonyl (C=O) groups is 2. The van der Waals surface area contributed by atoms with Gasteiger partial charge in [0.15, 0.2) is 0 Å². The molecule has 0 aliphatic carbocycles. The third kappa shape index (κ3) is 10.2. The summed E-state index contributed by atoms with van der Waals surface area (Å²) in [6.45, 7) is 4.11. The number of fused-ring (bicyclic) bond motifs is 1. The number of alkyl halides is 6. The average Bonchev–Trinajstić information content (AvgIpc) is 3.27. The molecule has 1 aliphatic rings. The van der Waals surface area contributed by atoms with Gasteiger partial charge in [0.1, 0.15) is 11.9 Å². The zero-order valence-corrected chi connectivity index (χ0v) is 19.7. The lowest BCUT2D eigenvalue weighted by atomic mass is 10.1. The van der Waals surface area contributed by atoms with Crippen molar-refractivity contribution in [2.45, 2.75) is 37.8 Å². The molecule has 9 nitrogen and oxygen atoms in total. The first-order valence-corrected chi connectivity index (χ1v) is 11.1. The van der Waals surface area contributed by atoms with Crippen molar-refractivity contribution >= 4 is 22.8 Å². The highest BCUT2D eigenvalue weighted by Crippen LogP contribution is 2.19. The van der Waals surface area contributed by atoms with Gasteiger partial charge >= 0.3 is 24.3 Å². The summed E-state index contributed by atoms with van der Waals surface area (Å²) >= 11 is 0. The number of rotatable bonds is 5. The van der Waals surface area contributed by atoms with E-state index in [4.69, 9.17) is 24.5 Å². The third-order valence-electron chi connectivity index (χ3n) is 5.14. The van der Waals surface area contributed by atoms with Gasteiger partial charge in [-0.3, -0.25) is 9.67 Å². The molecule has 0 unspecified atom stereocenters. The average molecular weight is 550 g/mol. The molecule has 0 atom stereocenters. The number of likely N-dealkylation sites (tertiary alicyclic amines) is 1. The maximum absolute atomic E-state index is 10.6. The smallest absolute Gasteiger partial charge is 0.489 e. The van der Waals surface area contributed by atoms with E-state index in [2.05, 4.69) is 43.9 Å². The standard InChI is InChI=1S/C19H22N4O.2C2HF3O2/c1-2-6-19-16(4-1)14-21-23(19)13-12-22-10-7-17(8-11-22)24-18-5-3-9-20-15-18;2*3-2(4,5)1(6)7/h1-6,9,14-15,17H,7-8,10-13H2;2*(H,6,7). The molecule has 1 aliphatic heterocycles. The SMILES string of the molecule is O=C(O)C(F)(F)F.O=C(O)C(F)(F)F.c1cncc(OC2CCN(CCn3ncc4ccccc43)CC2)c1. The van der Waals surface area contributed by atoms with Crippen LogP contribution in [0.5, 0.6) is 5.75 Å². The molecule has 0 saturated carbocycles. The Labute approximate surface area is 212 Å². The minimum Gasteiger partial charge on any atom is -0.489 e. The summed E-state index contributed by atoms with van der Waals surface area (Å²) in [6, 6.07) is 12.3. The van der Waals surface area contributed by atoms with Crippen LogP contribution in [-0.2, 0) is 16.1 Å². The molecule has 2 aromatic heterocycles. The monoisotopic (exact) mass is 550 g/mol. The summed E-state index contributed by atoms with van der Waals surface area (Å²) in [5, 5.41) is 20.0. The van der Waals surface area contributed by atoms with Crippen molar-refractivity contribution in [1.82, 2.24) is 19.7 Å². The molecule has 3 aromatic rings. The van der Waals surface area contributed by atoms with Crippen molar-refractivity contribution < 1.29 is 50.9 Å². The van der Waals surface area contributed by atoms with Gasteiger partial charge < -0.3 is 19.8 Å². The van der Waals surface area contributed by atoms with Gasteiger partial charge in [0.25, 0.3) is 0 Å².